The first-order valence-corrected chi connectivity index (χ1v) is 10.3. The normalized spacial score (nSPS) is 17.8. The molecule has 9 heteroatoms. The van der Waals surface area contributed by atoms with Crippen LogP contribution >= 0.6 is 15.9 Å². The predicted octanol–water partition coefficient (Wildman–Crippen LogP) is 2.84. The molecule has 1 aliphatic heterocycles. The maximum Gasteiger partial charge on any atom is 0.326 e. The van der Waals surface area contributed by atoms with Crippen molar-refractivity contribution in [3.05, 3.63) is 34.1 Å². The van der Waals surface area contributed by atoms with E-state index in [1.165, 1.54) is 19.9 Å². The summed E-state index contributed by atoms with van der Waals surface area (Å²) < 4.78 is 41.2. The quantitative estimate of drug-likeness (QED) is 0.641. The van der Waals surface area contributed by atoms with Gasteiger partial charge in [0.25, 0.3) is 0 Å². The predicted molar refractivity (Wildman–Crippen MR) is 94.6 cm³/mol. The summed E-state index contributed by atoms with van der Waals surface area (Å²) in [5.41, 5.74) is 0.846. The highest BCUT2D eigenvalue weighted by atomic mass is 79.9. The third-order valence-corrected chi connectivity index (χ3v) is 6.58. The van der Waals surface area contributed by atoms with E-state index in [1.807, 2.05) is 0 Å². The number of hydrogen-bond donors (Lipinski definition) is 0. The summed E-state index contributed by atoms with van der Waals surface area (Å²) in [7, 11) is -3.58. The fraction of sp³-hybridized carbons (Fsp3) is 0.500. The molecule has 1 aromatic rings. The second-order valence-corrected chi connectivity index (χ2v) is 9.78. The van der Waals surface area contributed by atoms with Crippen molar-refractivity contribution in [3.63, 3.8) is 0 Å². The molecule has 0 bridgehead atoms. The van der Waals surface area contributed by atoms with Crippen LogP contribution in [0.2, 0.25) is 0 Å². The van der Waals surface area contributed by atoms with Gasteiger partial charge in [0, 0.05) is 29.1 Å². The molecule has 0 saturated heterocycles. The van der Waals surface area contributed by atoms with Gasteiger partial charge in [-0.05, 0) is 32.0 Å². The van der Waals surface area contributed by atoms with Gasteiger partial charge >= 0.3 is 5.97 Å². The average molecular weight is 436 g/mol. The summed E-state index contributed by atoms with van der Waals surface area (Å²) in [6.45, 7) is 2.59. The fourth-order valence-corrected chi connectivity index (χ4v) is 2.77. The average Bonchev–Trinajstić information content (AvgIpc) is 2.94. The van der Waals surface area contributed by atoms with Crippen molar-refractivity contribution in [1.29, 1.82) is 0 Å². The van der Waals surface area contributed by atoms with Crippen molar-refractivity contribution in [3.8, 4) is 0 Å². The van der Waals surface area contributed by atoms with Crippen LogP contribution in [0.25, 0.3) is 0 Å². The second kappa shape index (κ2) is 7.41. The van der Waals surface area contributed by atoms with Gasteiger partial charge in [0.1, 0.15) is 11.9 Å². The van der Waals surface area contributed by atoms with Crippen LogP contribution in [-0.2, 0) is 24.2 Å². The van der Waals surface area contributed by atoms with Crippen LogP contribution in [0.4, 0.5) is 4.39 Å². The molecule has 0 radical (unpaired) electrons. The van der Waals surface area contributed by atoms with Gasteiger partial charge in [0.15, 0.2) is 14.6 Å². The van der Waals surface area contributed by atoms with Gasteiger partial charge < -0.3 is 9.57 Å². The molecule has 0 aromatic heterocycles. The fourth-order valence-electron chi connectivity index (χ4n) is 2.07. The van der Waals surface area contributed by atoms with Crippen LogP contribution in [-0.4, -0.2) is 43.8 Å². The Bertz CT molecular complexity index is 807. The van der Waals surface area contributed by atoms with Crippen molar-refractivity contribution >= 4 is 37.4 Å². The molecule has 1 aliphatic rings. The van der Waals surface area contributed by atoms with Crippen molar-refractivity contribution < 1.29 is 27.2 Å². The Morgan fingerprint density at radius 1 is 1.48 bits per heavy atom. The van der Waals surface area contributed by atoms with E-state index in [0.717, 1.165) is 6.26 Å². The van der Waals surface area contributed by atoms with Gasteiger partial charge in [0.2, 0.25) is 0 Å². The van der Waals surface area contributed by atoms with Crippen molar-refractivity contribution in [1.82, 2.24) is 0 Å². The van der Waals surface area contributed by atoms with Crippen molar-refractivity contribution in [2.45, 2.75) is 37.5 Å². The summed E-state index contributed by atoms with van der Waals surface area (Å²) in [4.78, 5) is 17.2. The first-order valence-electron chi connectivity index (χ1n) is 7.57. The zero-order chi connectivity index (χ0) is 18.8. The molecule has 1 atom stereocenters. The van der Waals surface area contributed by atoms with E-state index in [1.54, 1.807) is 12.1 Å². The zero-order valence-corrected chi connectivity index (χ0v) is 16.5. The summed E-state index contributed by atoms with van der Waals surface area (Å²) >= 11 is 3.19. The topological polar surface area (TPSA) is 82.0 Å². The van der Waals surface area contributed by atoms with Crippen LogP contribution in [0.5, 0.6) is 0 Å². The molecule has 0 saturated carbocycles. The van der Waals surface area contributed by atoms with Crippen LogP contribution in [0.3, 0.4) is 0 Å². The molecule has 6 nitrogen and oxygen atoms in total. The molecule has 0 aliphatic carbocycles. The first-order chi connectivity index (χ1) is 11.5. The van der Waals surface area contributed by atoms with Gasteiger partial charge in [-0.25, -0.2) is 12.8 Å². The Kier molecular flexibility index (Phi) is 5.88. The van der Waals surface area contributed by atoms with E-state index in [4.69, 9.17) is 9.57 Å². The van der Waals surface area contributed by atoms with Gasteiger partial charge in [-0.3, -0.25) is 4.79 Å². The number of carbonyl (C=O) groups excluding carboxylic acids is 1. The molecule has 0 spiro atoms. The number of halogens is 2. The molecule has 1 aromatic carbocycles. The summed E-state index contributed by atoms with van der Waals surface area (Å²) in [5.74, 6) is -1.22. The lowest BCUT2D eigenvalue weighted by molar-refractivity contribution is -0.146. The molecule has 25 heavy (non-hydrogen) atoms. The number of oxime groups is 1. The van der Waals surface area contributed by atoms with E-state index in [-0.39, 0.29) is 12.7 Å². The highest BCUT2D eigenvalue weighted by Gasteiger charge is 2.40. The van der Waals surface area contributed by atoms with Crippen LogP contribution in [0.1, 0.15) is 32.3 Å². The summed E-state index contributed by atoms with van der Waals surface area (Å²) in [6, 6.07) is 4.67. The minimum atomic E-state index is -3.58. The maximum atomic E-state index is 13.9. The second-order valence-electron chi connectivity index (χ2n) is 6.30. The van der Waals surface area contributed by atoms with E-state index in [0.29, 0.717) is 28.6 Å². The van der Waals surface area contributed by atoms with Crippen molar-refractivity contribution in [2.24, 2.45) is 5.16 Å². The maximum absolute atomic E-state index is 13.9. The lowest BCUT2D eigenvalue weighted by Gasteiger charge is -2.20. The van der Waals surface area contributed by atoms with E-state index in [2.05, 4.69) is 21.1 Å². The third kappa shape index (κ3) is 4.58. The highest BCUT2D eigenvalue weighted by molar-refractivity contribution is 9.10. The Labute approximate surface area is 154 Å². The number of hydrogen-bond acceptors (Lipinski definition) is 6. The van der Waals surface area contributed by atoms with Crippen LogP contribution in [0.15, 0.2) is 27.8 Å². The number of carbonyl (C=O) groups is 1. The SMILES string of the molecule is CC(C)(C(=O)OCCC1CC(c2ccc(Br)cc2F)=NO1)S(C)(=O)=O. The number of esters is 1. The number of benzene rings is 1. The smallest absolute Gasteiger partial charge is 0.326 e. The lowest BCUT2D eigenvalue weighted by Crippen LogP contribution is -2.41. The van der Waals surface area contributed by atoms with E-state index >= 15 is 0 Å². The molecule has 0 fully saturated rings. The number of sulfone groups is 1. The first kappa shape index (κ1) is 19.8. The van der Waals surface area contributed by atoms with Gasteiger partial charge in [-0.15, -0.1) is 0 Å². The van der Waals surface area contributed by atoms with Gasteiger partial charge in [-0.2, -0.15) is 0 Å². The molecule has 0 N–H and O–H groups in total. The molecule has 1 heterocycles. The number of rotatable bonds is 6. The van der Waals surface area contributed by atoms with Gasteiger partial charge in [-0.1, -0.05) is 21.1 Å². The zero-order valence-electron chi connectivity index (χ0n) is 14.1. The molecule has 1 unspecified atom stereocenters. The number of ether oxygens (including phenoxy) is 1. The summed E-state index contributed by atoms with van der Waals surface area (Å²) in [6.07, 6.45) is 1.34. The lowest BCUT2D eigenvalue weighted by atomic mass is 10.0. The molecule has 138 valence electrons. The van der Waals surface area contributed by atoms with Crippen LogP contribution < -0.4 is 0 Å². The Morgan fingerprint density at radius 2 is 2.16 bits per heavy atom. The highest BCUT2D eigenvalue weighted by Crippen LogP contribution is 2.23. The monoisotopic (exact) mass is 435 g/mol. The standard InChI is InChI=1S/C16H19BrFNO5S/c1-16(2,25(3,21)22)15(20)23-7-6-11-9-14(19-24-11)12-5-4-10(17)8-13(12)18/h4-5,8,11H,6-7,9H2,1-3H3. The van der Waals surface area contributed by atoms with Gasteiger partial charge in [0.05, 0.1) is 12.3 Å². The van der Waals surface area contributed by atoms with E-state index < -0.39 is 26.4 Å². The molecular formula is C16H19BrFNO5S. The summed E-state index contributed by atoms with van der Waals surface area (Å²) in [5, 5.41) is 3.89. The Hall–Kier alpha value is -1.48. The minimum absolute atomic E-state index is 0.00588. The molecule has 2 rings (SSSR count). The van der Waals surface area contributed by atoms with Crippen LogP contribution in [0, 0.1) is 5.82 Å². The Balaban J connectivity index is 1.86. The van der Waals surface area contributed by atoms with E-state index in [9.17, 15) is 17.6 Å². The largest absolute Gasteiger partial charge is 0.464 e. The third-order valence-electron chi connectivity index (χ3n) is 4.07. The minimum Gasteiger partial charge on any atom is -0.464 e. The molecule has 0 amide bonds. The number of nitrogens with zero attached hydrogens (tertiary/aromatic N) is 1. The molecular weight excluding hydrogens is 417 g/mol. The van der Waals surface area contributed by atoms with Crippen molar-refractivity contribution in [2.75, 3.05) is 12.9 Å². The Morgan fingerprint density at radius 3 is 2.76 bits per heavy atom.